The molecule has 0 saturated carbocycles. The number of benzene rings is 2. The molecule has 0 spiro atoms. The van der Waals surface area contributed by atoms with Crippen molar-refractivity contribution in [1.82, 2.24) is 0 Å². The summed E-state index contributed by atoms with van der Waals surface area (Å²) in [7, 11) is 0. The van der Waals surface area contributed by atoms with Crippen molar-refractivity contribution in [2.45, 2.75) is 63.3 Å². The summed E-state index contributed by atoms with van der Waals surface area (Å²) < 4.78 is 47.1. The molecule has 0 bridgehead atoms. The zero-order valence-corrected chi connectivity index (χ0v) is 17.8. The van der Waals surface area contributed by atoms with E-state index in [0.29, 0.717) is 11.1 Å². The third kappa shape index (κ3) is 3.77. The number of carbonyl (C=O) groups is 2. The Morgan fingerprint density at radius 3 is 2.59 bits per heavy atom. The second-order valence-corrected chi connectivity index (χ2v) is 9.12. The van der Waals surface area contributed by atoms with Crippen molar-refractivity contribution in [3.05, 3.63) is 64.2 Å². The lowest BCUT2D eigenvalue weighted by Gasteiger charge is -2.37. The minimum Gasteiger partial charge on any atom is -0.457 e. The first-order valence-electron chi connectivity index (χ1n) is 10.4. The number of esters is 1. The molecule has 1 amide bonds. The van der Waals surface area contributed by atoms with Crippen molar-refractivity contribution < 1.29 is 32.6 Å². The van der Waals surface area contributed by atoms with Crippen LogP contribution in [0.15, 0.2) is 36.4 Å². The van der Waals surface area contributed by atoms with E-state index in [0.717, 1.165) is 36.0 Å². The van der Waals surface area contributed by atoms with Gasteiger partial charge in [-0.05, 0) is 59.6 Å². The van der Waals surface area contributed by atoms with E-state index in [9.17, 15) is 27.9 Å². The molecule has 1 unspecified atom stereocenters. The number of cyclic esters (lactones) is 1. The standard InChI is InChI=1S/C24H24F3NO4/c1-22(2,19-8-4-6-14-5-3-7-17(14)19)13-23(31,24(25,26)27)21(30)28-16-9-10-18-15(11-16)12-32-20(18)29/h4,6,8-11,31H,3,5,7,12-13H2,1-2H3,(H,28,30). The Morgan fingerprint density at radius 1 is 1.12 bits per heavy atom. The number of hydrogen-bond acceptors (Lipinski definition) is 4. The maximum Gasteiger partial charge on any atom is 0.426 e. The summed E-state index contributed by atoms with van der Waals surface area (Å²) in [4.78, 5) is 24.4. The van der Waals surface area contributed by atoms with E-state index >= 15 is 0 Å². The van der Waals surface area contributed by atoms with Crippen molar-refractivity contribution >= 4 is 17.6 Å². The molecule has 2 aromatic rings. The molecular formula is C24H24F3NO4. The second-order valence-electron chi connectivity index (χ2n) is 9.12. The number of alkyl halides is 3. The summed E-state index contributed by atoms with van der Waals surface area (Å²) >= 11 is 0. The summed E-state index contributed by atoms with van der Waals surface area (Å²) in [5.41, 5.74) is -1.09. The van der Waals surface area contributed by atoms with Crippen LogP contribution in [0.4, 0.5) is 18.9 Å². The average Bonchev–Trinajstić information content (AvgIpc) is 3.33. The van der Waals surface area contributed by atoms with E-state index in [-0.39, 0.29) is 12.3 Å². The smallest absolute Gasteiger partial charge is 0.426 e. The molecular weight excluding hydrogens is 423 g/mol. The zero-order chi connectivity index (χ0) is 23.3. The fourth-order valence-corrected chi connectivity index (χ4v) is 4.74. The van der Waals surface area contributed by atoms with Gasteiger partial charge in [-0.25, -0.2) is 4.79 Å². The van der Waals surface area contributed by atoms with Gasteiger partial charge >= 0.3 is 12.1 Å². The minimum absolute atomic E-state index is 0.0203. The maximum absolute atomic E-state index is 14.1. The monoisotopic (exact) mass is 447 g/mol. The van der Waals surface area contributed by atoms with Gasteiger partial charge in [0.05, 0.1) is 5.56 Å². The highest BCUT2D eigenvalue weighted by atomic mass is 19.4. The summed E-state index contributed by atoms with van der Waals surface area (Å²) in [6, 6.07) is 9.62. The Bertz CT molecular complexity index is 1090. The topological polar surface area (TPSA) is 75.6 Å². The zero-order valence-electron chi connectivity index (χ0n) is 17.8. The van der Waals surface area contributed by atoms with E-state index in [4.69, 9.17) is 4.74 Å². The summed E-state index contributed by atoms with van der Waals surface area (Å²) in [6.45, 7) is 3.21. The number of ether oxygens (including phenoxy) is 1. The lowest BCUT2D eigenvalue weighted by atomic mass is 9.72. The highest BCUT2D eigenvalue weighted by Crippen LogP contribution is 2.44. The van der Waals surface area contributed by atoms with Gasteiger partial charge in [0.2, 0.25) is 5.60 Å². The van der Waals surface area contributed by atoms with Crippen LogP contribution in [0.5, 0.6) is 0 Å². The van der Waals surface area contributed by atoms with Gasteiger partial charge in [-0.2, -0.15) is 13.2 Å². The number of aryl methyl sites for hydroxylation is 1. The first kappa shape index (κ1) is 22.3. The highest BCUT2D eigenvalue weighted by molar-refractivity contribution is 5.99. The first-order valence-corrected chi connectivity index (χ1v) is 10.4. The van der Waals surface area contributed by atoms with Crippen LogP contribution >= 0.6 is 0 Å². The first-order chi connectivity index (χ1) is 14.9. The minimum atomic E-state index is -5.19. The lowest BCUT2D eigenvalue weighted by Crippen LogP contribution is -2.57. The number of hydrogen-bond donors (Lipinski definition) is 2. The van der Waals surface area contributed by atoms with Crippen molar-refractivity contribution in [2.75, 3.05) is 5.32 Å². The molecule has 4 rings (SSSR count). The summed E-state index contributed by atoms with van der Waals surface area (Å²) in [5, 5.41) is 12.9. The number of anilines is 1. The van der Waals surface area contributed by atoms with Crippen LogP contribution in [0.25, 0.3) is 0 Å². The van der Waals surface area contributed by atoms with Crippen LogP contribution in [0, 0.1) is 0 Å². The van der Waals surface area contributed by atoms with Gasteiger partial charge in [0, 0.05) is 17.7 Å². The van der Waals surface area contributed by atoms with E-state index < -0.39 is 35.5 Å². The van der Waals surface area contributed by atoms with Gasteiger partial charge in [0.25, 0.3) is 5.91 Å². The van der Waals surface area contributed by atoms with Crippen LogP contribution in [0.3, 0.4) is 0 Å². The number of carbonyl (C=O) groups excluding carboxylic acids is 2. The molecule has 2 aliphatic rings. The molecule has 0 saturated heterocycles. The predicted molar refractivity (Wildman–Crippen MR) is 111 cm³/mol. The molecule has 1 atom stereocenters. The SMILES string of the molecule is CC(C)(CC(O)(C(=O)Nc1ccc2c(c1)COC2=O)C(F)(F)F)c1cccc2c1CCC2. The quantitative estimate of drug-likeness (QED) is 0.665. The molecule has 1 aliphatic carbocycles. The highest BCUT2D eigenvalue weighted by Gasteiger charge is 2.61. The summed E-state index contributed by atoms with van der Waals surface area (Å²) in [6.07, 6.45) is -3.47. The molecule has 1 heterocycles. The van der Waals surface area contributed by atoms with Crippen LogP contribution in [-0.4, -0.2) is 28.8 Å². The van der Waals surface area contributed by atoms with Crippen molar-refractivity contribution in [3.63, 3.8) is 0 Å². The Labute approximate surface area is 183 Å². The van der Waals surface area contributed by atoms with E-state index in [1.807, 2.05) is 12.1 Å². The molecule has 170 valence electrons. The van der Waals surface area contributed by atoms with Crippen LogP contribution in [-0.2, 0) is 34.4 Å². The van der Waals surface area contributed by atoms with E-state index in [1.165, 1.54) is 18.2 Å². The molecule has 0 radical (unpaired) electrons. The maximum atomic E-state index is 14.1. The van der Waals surface area contributed by atoms with Crippen LogP contribution < -0.4 is 5.32 Å². The molecule has 32 heavy (non-hydrogen) atoms. The Balaban J connectivity index is 1.63. The third-order valence-electron chi connectivity index (χ3n) is 6.36. The van der Waals surface area contributed by atoms with Gasteiger partial charge in [-0.1, -0.05) is 32.0 Å². The molecule has 0 aromatic heterocycles. The van der Waals surface area contributed by atoms with Crippen LogP contribution in [0.1, 0.15) is 59.3 Å². The average molecular weight is 447 g/mol. The molecule has 5 nitrogen and oxygen atoms in total. The van der Waals surface area contributed by atoms with Crippen molar-refractivity contribution in [3.8, 4) is 0 Å². The summed E-state index contributed by atoms with van der Waals surface area (Å²) in [5.74, 6) is -2.09. The Hall–Kier alpha value is -2.87. The lowest BCUT2D eigenvalue weighted by molar-refractivity contribution is -0.254. The largest absolute Gasteiger partial charge is 0.457 e. The number of rotatable bonds is 5. The molecule has 2 aromatic carbocycles. The van der Waals surface area contributed by atoms with Crippen LogP contribution in [0.2, 0.25) is 0 Å². The Morgan fingerprint density at radius 2 is 1.88 bits per heavy atom. The number of halogens is 3. The van der Waals surface area contributed by atoms with E-state index in [1.54, 1.807) is 19.9 Å². The van der Waals surface area contributed by atoms with Gasteiger partial charge in [0.1, 0.15) is 6.61 Å². The molecule has 2 N–H and O–H groups in total. The van der Waals surface area contributed by atoms with Crippen molar-refractivity contribution in [2.24, 2.45) is 0 Å². The third-order valence-corrected chi connectivity index (χ3v) is 6.36. The molecule has 8 heteroatoms. The molecule has 0 fully saturated rings. The van der Waals surface area contributed by atoms with Gasteiger partial charge in [0.15, 0.2) is 0 Å². The van der Waals surface area contributed by atoms with Gasteiger partial charge in [-0.3, -0.25) is 4.79 Å². The number of aliphatic hydroxyl groups is 1. The fourth-order valence-electron chi connectivity index (χ4n) is 4.74. The second kappa shape index (κ2) is 7.62. The predicted octanol–water partition coefficient (Wildman–Crippen LogP) is 4.45. The number of amides is 1. The van der Waals surface area contributed by atoms with Gasteiger partial charge < -0.3 is 15.2 Å². The fraction of sp³-hybridized carbons (Fsp3) is 0.417. The van der Waals surface area contributed by atoms with Crippen molar-refractivity contribution in [1.29, 1.82) is 0 Å². The Kier molecular flexibility index (Phi) is 5.32. The normalized spacial score (nSPS) is 17.4. The molecule has 1 aliphatic heterocycles. The number of nitrogens with one attached hydrogen (secondary N) is 1. The van der Waals surface area contributed by atoms with Gasteiger partial charge in [-0.15, -0.1) is 0 Å². The number of fused-ring (bicyclic) bond motifs is 2. The van der Waals surface area contributed by atoms with E-state index in [2.05, 4.69) is 5.32 Å².